The topological polar surface area (TPSA) is 117 Å². The smallest absolute Gasteiger partial charge is 0.407 e. The molecule has 0 spiro atoms. The summed E-state index contributed by atoms with van der Waals surface area (Å²) >= 11 is 7.99. The molecule has 0 aromatic carbocycles. The maximum absolute atomic E-state index is 11.5. The van der Waals surface area contributed by atoms with Crippen LogP contribution in [-0.4, -0.2) is 68.8 Å². The molecule has 1 fully saturated rings. The van der Waals surface area contributed by atoms with Gasteiger partial charge in [0.15, 0.2) is 5.65 Å². The first kappa shape index (κ1) is 25.7. The molecular formula is C22H32ClN7O3SSi. The predicted octanol–water partition coefficient (Wildman–Crippen LogP) is 5.46. The zero-order chi connectivity index (χ0) is 25.2. The fourth-order valence-corrected chi connectivity index (χ4v) is 5.64. The van der Waals surface area contributed by atoms with Gasteiger partial charge in [-0.1, -0.05) is 31.2 Å². The van der Waals surface area contributed by atoms with Gasteiger partial charge in [-0.05, 0) is 43.4 Å². The highest BCUT2D eigenvalue weighted by Gasteiger charge is 2.25. The van der Waals surface area contributed by atoms with Crippen molar-refractivity contribution in [1.29, 1.82) is 0 Å². The van der Waals surface area contributed by atoms with E-state index >= 15 is 0 Å². The summed E-state index contributed by atoms with van der Waals surface area (Å²) in [7, 11) is -1.20. The number of halogens is 1. The van der Waals surface area contributed by atoms with E-state index in [9.17, 15) is 9.90 Å². The highest BCUT2D eigenvalue weighted by Crippen LogP contribution is 2.33. The van der Waals surface area contributed by atoms with E-state index in [1.54, 1.807) is 0 Å². The lowest BCUT2D eigenvalue weighted by Gasteiger charge is -2.31. The van der Waals surface area contributed by atoms with Crippen LogP contribution in [0.4, 0.5) is 21.6 Å². The average molecular weight is 538 g/mol. The minimum absolute atomic E-state index is 0.0798. The van der Waals surface area contributed by atoms with Crippen LogP contribution in [-0.2, 0) is 11.5 Å². The summed E-state index contributed by atoms with van der Waals surface area (Å²) in [4.78, 5) is 22.4. The molecule has 0 bridgehead atoms. The summed E-state index contributed by atoms with van der Waals surface area (Å²) in [6.07, 6.45) is 2.52. The predicted molar refractivity (Wildman–Crippen MR) is 143 cm³/mol. The van der Waals surface area contributed by atoms with Gasteiger partial charge in [0.25, 0.3) is 0 Å². The van der Waals surface area contributed by atoms with Crippen LogP contribution in [0.2, 0.25) is 30.7 Å². The van der Waals surface area contributed by atoms with Crippen LogP contribution >= 0.6 is 23.1 Å². The van der Waals surface area contributed by atoms with Gasteiger partial charge in [-0.25, -0.2) is 4.79 Å². The Morgan fingerprint density at radius 1 is 1.37 bits per heavy atom. The quantitative estimate of drug-likeness (QED) is 0.243. The number of amides is 1. The maximum Gasteiger partial charge on any atom is 0.407 e. The lowest BCUT2D eigenvalue weighted by atomic mass is 10.1. The summed E-state index contributed by atoms with van der Waals surface area (Å²) in [5.41, 5.74) is 1.56. The number of aryl methyl sites for hydroxylation is 1. The SMILES string of the molecule is Cc1cc(Nc2nc(N[C@@H]3CCCN(C(=O)O)C3)c3c(Cl)cn(COCC[Si](C)(C)C)c3n2)sn1. The first-order valence-electron chi connectivity index (χ1n) is 11.7. The minimum atomic E-state index is -1.20. The molecule has 1 aliphatic rings. The molecule has 13 heteroatoms. The van der Waals surface area contributed by atoms with Crippen molar-refractivity contribution in [3.8, 4) is 0 Å². The highest BCUT2D eigenvalue weighted by molar-refractivity contribution is 7.10. The molecule has 0 unspecified atom stereocenters. The third-order valence-electron chi connectivity index (χ3n) is 5.79. The third kappa shape index (κ3) is 6.63. The minimum Gasteiger partial charge on any atom is -0.465 e. The number of ether oxygens (including phenoxy) is 1. The Morgan fingerprint density at radius 2 is 2.17 bits per heavy atom. The Bertz CT molecular complexity index is 1200. The average Bonchev–Trinajstić information content (AvgIpc) is 3.33. The summed E-state index contributed by atoms with van der Waals surface area (Å²) in [5, 5.41) is 18.2. The van der Waals surface area contributed by atoms with E-state index in [1.165, 1.54) is 16.4 Å². The summed E-state index contributed by atoms with van der Waals surface area (Å²) in [5.74, 6) is 0.981. The van der Waals surface area contributed by atoms with E-state index in [2.05, 4.69) is 34.6 Å². The number of aromatic nitrogens is 4. The van der Waals surface area contributed by atoms with Crippen molar-refractivity contribution in [3.63, 3.8) is 0 Å². The van der Waals surface area contributed by atoms with Crippen LogP contribution < -0.4 is 10.6 Å². The van der Waals surface area contributed by atoms with Crippen molar-refractivity contribution < 1.29 is 14.6 Å². The normalized spacial score (nSPS) is 16.6. The fraction of sp³-hybridized carbons (Fsp3) is 0.545. The van der Waals surface area contributed by atoms with Gasteiger partial charge in [0, 0.05) is 40.0 Å². The van der Waals surface area contributed by atoms with Gasteiger partial charge >= 0.3 is 6.09 Å². The molecule has 35 heavy (non-hydrogen) atoms. The third-order valence-corrected chi connectivity index (χ3v) is 8.58. The van der Waals surface area contributed by atoms with Gasteiger partial charge in [-0.15, -0.1) is 0 Å². The lowest BCUT2D eigenvalue weighted by molar-refractivity contribution is 0.0899. The van der Waals surface area contributed by atoms with Gasteiger partial charge < -0.3 is 29.9 Å². The number of fused-ring (bicyclic) bond motifs is 1. The molecule has 0 saturated carbocycles. The van der Waals surface area contributed by atoms with Crippen LogP contribution in [0.1, 0.15) is 18.5 Å². The molecule has 1 saturated heterocycles. The molecule has 0 radical (unpaired) electrons. The molecule has 3 aromatic heterocycles. The lowest BCUT2D eigenvalue weighted by Crippen LogP contribution is -2.44. The van der Waals surface area contributed by atoms with E-state index in [4.69, 9.17) is 26.3 Å². The number of likely N-dealkylation sites (tertiary alicyclic amines) is 1. The number of carboxylic acid groups (broad SMARTS) is 1. The van der Waals surface area contributed by atoms with Crippen molar-refractivity contribution in [2.45, 2.75) is 58.2 Å². The number of carbonyl (C=O) groups is 1. The molecule has 3 N–H and O–H groups in total. The second kappa shape index (κ2) is 10.7. The van der Waals surface area contributed by atoms with E-state index < -0.39 is 14.2 Å². The van der Waals surface area contributed by atoms with E-state index in [-0.39, 0.29) is 6.04 Å². The standard InChI is InChI=1S/C22H32ClN7O3SSi/c1-14-10-17(34-28-14)25-21-26-19(24-15-6-5-7-29(11-15)22(31)32)18-16(23)12-30(20(18)27-21)13-33-8-9-35(2,3)4/h10,12,15H,5-9,11,13H2,1-4H3,(H,31,32)(H2,24,25,26,27)/t15-/m1/s1. The molecule has 4 heterocycles. The van der Waals surface area contributed by atoms with E-state index in [1.807, 2.05) is 23.8 Å². The van der Waals surface area contributed by atoms with E-state index in [0.717, 1.165) is 29.6 Å². The maximum atomic E-state index is 11.5. The van der Waals surface area contributed by atoms with Gasteiger partial charge in [-0.3, -0.25) is 0 Å². The Kier molecular flexibility index (Phi) is 7.84. The second-order valence-electron chi connectivity index (χ2n) is 10.1. The Hall–Kier alpha value is -2.41. The van der Waals surface area contributed by atoms with Crippen LogP contribution in [0.15, 0.2) is 12.3 Å². The van der Waals surface area contributed by atoms with Crippen LogP contribution in [0, 0.1) is 6.92 Å². The molecular weight excluding hydrogens is 506 g/mol. The molecule has 1 atom stereocenters. The molecule has 1 amide bonds. The Balaban J connectivity index is 1.64. The summed E-state index contributed by atoms with van der Waals surface area (Å²) in [6.45, 7) is 10.8. The van der Waals surface area contributed by atoms with Crippen molar-refractivity contribution in [2.75, 3.05) is 30.3 Å². The van der Waals surface area contributed by atoms with Crippen molar-refractivity contribution >= 4 is 65.1 Å². The molecule has 10 nitrogen and oxygen atoms in total. The largest absolute Gasteiger partial charge is 0.465 e. The number of anilines is 3. The van der Waals surface area contributed by atoms with Gasteiger partial charge in [-0.2, -0.15) is 14.3 Å². The Labute approximate surface area is 214 Å². The van der Waals surface area contributed by atoms with Crippen LogP contribution in [0.3, 0.4) is 0 Å². The zero-order valence-corrected chi connectivity index (χ0v) is 23.0. The number of nitrogens with one attached hydrogen (secondary N) is 2. The number of nitrogens with zero attached hydrogens (tertiary/aromatic N) is 5. The molecule has 4 rings (SSSR count). The van der Waals surface area contributed by atoms with Crippen LogP contribution in [0.5, 0.6) is 0 Å². The molecule has 0 aliphatic carbocycles. The van der Waals surface area contributed by atoms with Crippen molar-refractivity contribution in [2.24, 2.45) is 0 Å². The number of hydrogen-bond acceptors (Lipinski definition) is 8. The second-order valence-corrected chi connectivity index (χ2v) is 16.9. The zero-order valence-electron chi connectivity index (χ0n) is 20.5. The van der Waals surface area contributed by atoms with Crippen molar-refractivity contribution in [3.05, 3.63) is 23.0 Å². The number of piperidine rings is 1. The number of hydrogen-bond donors (Lipinski definition) is 3. The first-order chi connectivity index (χ1) is 16.6. The first-order valence-corrected chi connectivity index (χ1v) is 16.5. The monoisotopic (exact) mass is 537 g/mol. The van der Waals surface area contributed by atoms with Gasteiger partial charge in [0.2, 0.25) is 5.95 Å². The van der Waals surface area contributed by atoms with E-state index in [0.29, 0.717) is 54.2 Å². The van der Waals surface area contributed by atoms with Crippen molar-refractivity contribution in [1.82, 2.24) is 23.8 Å². The molecule has 3 aromatic rings. The van der Waals surface area contributed by atoms with Gasteiger partial charge in [0.05, 0.1) is 16.1 Å². The van der Waals surface area contributed by atoms with Crippen LogP contribution in [0.25, 0.3) is 11.0 Å². The van der Waals surface area contributed by atoms with Gasteiger partial charge in [0.1, 0.15) is 17.5 Å². The molecule has 1 aliphatic heterocycles. The summed E-state index contributed by atoms with van der Waals surface area (Å²) < 4.78 is 12.2. The Morgan fingerprint density at radius 3 is 2.86 bits per heavy atom. The number of rotatable bonds is 9. The molecule has 190 valence electrons. The fourth-order valence-electron chi connectivity index (χ4n) is 3.93. The highest BCUT2D eigenvalue weighted by atomic mass is 35.5. The summed E-state index contributed by atoms with van der Waals surface area (Å²) in [6, 6.07) is 2.92.